The van der Waals surface area contributed by atoms with E-state index in [-0.39, 0.29) is 10.7 Å². The van der Waals surface area contributed by atoms with E-state index in [9.17, 15) is 23.1 Å². The molecule has 1 aromatic carbocycles. The highest BCUT2D eigenvalue weighted by Gasteiger charge is 2.33. The minimum atomic E-state index is -3.48. The van der Waals surface area contributed by atoms with Crippen LogP contribution in [-0.4, -0.2) is 34.6 Å². The summed E-state index contributed by atoms with van der Waals surface area (Å²) in [4.78, 5) is 24.2. The molecular weight excluding hydrogens is 354 g/mol. The lowest BCUT2D eigenvalue weighted by molar-refractivity contribution is -0.138. The maximum atomic E-state index is 12.8. The lowest BCUT2D eigenvalue weighted by atomic mass is 10.1. The van der Waals surface area contributed by atoms with Crippen molar-refractivity contribution in [2.45, 2.75) is 49.3 Å². The molecule has 7 heteroatoms. The van der Waals surface area contributed by atoms with Crippen molar-refractivity contribution < 1.29 is 23.1 Å². The summed E-state index contributed by atoms with van der Waals surface area (Å²) in [7, 11) is -3.48. The first-order chi connectivity index (χ1) is 12.0. The number of ketones is 1. The first-order valence-electron chi connectivity index (χ1n) is 8.35. The maximum absolute atomic E-state index is 12.8. The van der Waals surface area contributed by atoms with Gasteiger partial charge in [-0.3, -0.25) is 9.59 Å². The van der Waals surface area contributed by atoms with Gasteiger partial charge >= 0.3 is 5.97 Å². The van der Waals surface area contributed by atoms with E-state index in [0.717, 1.165) is 0 Å². The van der Waals surface area contributed by atoms with E-state index in [0.29, 0.717) is 29.9 Å². The molecule has 26 heavy (non-hydrogen) atoms. The zero-order chi connectivity index (χ0) is 19.3. The third-order valence-electron chi connectivity index (χ3n) is 4.78. The first-order valence-corrected chi connectivity index (χ1v) is 9.84. The molecule has 1 N–H and O–H groups in total. The van der Waals surface area contributed by atoms with Gasteiger partial charge in [-0.25, -0.2) is 8.42 Å². The lowest BCUT2D eigenvalue weighted by Gasteiger charge is -2.19. The molecule has 0 bridgehead atoms. The SMILES string of the molecule is CC(C)(C)S(=O)(=O)c1ccc(C(=O)c2ccc3n2CCC3C(=O)O)cc1. The van der Waals surface area contributed by atoms with Crippen LogP contribution in [0.1, 0.15) is 54.9 Å². The Morgan fingerprint density at radius 3 is 2.23 bits per heavy atom. The van der Waals surface area contributed by atoms with Gasteiger partial charge < -0.3 is 9.67 Å². The summed E-state index contributed by atoms with van der Waals surface area (Å²) >= 11 is 0. The van der Waals surface area contributed by atoms with Gasteiger partial charge in [0, 0.05) is 17.8 Å². The van der Waals surface area contributed by atoms with Crippen molar-refractivity contribution in [3.63, 3.8) is 0 Å². The molecule has 0 amide bonds. The summed E-state index contributed by atoms with van der Waals surface area (Å²) in [5.41, 5.74) is 1.43. The van der Waals surface area contributed by atoms with Crippen molar-refractivity contribution >= 4 is 21.6 Å². The summed E-state index contributed by atoms with van der Waals surface area (Å²) in [6.07, 6.45) is 0.467. The highest BCUT2D eigenvalue weighted by atomic mass is 32.2. The number of sulfone groups is 1. The van der Waals surface area contributed by atoms with Gasteiger partial charge in [0.05, 0.1) is 21.3 Å². The van der Waals surface area contributed by atoms with Gasteiger partial charge in [0.2, 0.25) is 5.78 Å². The standard InChI is InChI=1S/C19H21NO5S/c1-19(2,3)26(24,25)13-6-4-12(5-7-13)17(21)16-9-8-15-14(18(22)23)10-11-20(15)16/h4-9,14H,10-11H2,1-3H3,(H,22,23). The van der Waals surface area contributed by atoms with E-state index < -0.39 is 26.5 Å². The van der Waals surface area contributed by atoms with Gasteiger partial charge in [-0.2, -0.15) is 0 Å². The Hall–Kier alpha value is -2.41. The number of carbonyl (C=O) groups is 2. The van der Waals surface area contributed by atoms with Crippen LogP contribution < -0.4 is 0 Å². The molecule has 0 saturated heterocycles. The zero-order valence-corrected chi connectivity index (χ0v) is 15.7. The fraction of sp³-hybridized carbons (Fsp3) is 0.368. The van der Waals surface area contributed by atoms with Crippen LogP contribution in [0.4, 0.5) is 0 Å². The minimum Gasteiger partial charge on any atom is -0.481 e. The maximum Gasteiger partial charge on any atom is 0.312 e. The first kappa shape index (κ1) is 18.4. The van der Waals surface area contributed by atoms with Crippen molar-refractivity contribution in [3.8, 4) is 0 Å². The summed E-state index contributed by atoms with van der Waals surface area (Å²) in [5.74, 6) is -1.73. The van der Waals surface area contributed by atoms with Gasteiger partial charge in [0.1, 0.15) is 0 Å². The summed E-state index contributed by atoms with van der Waals surface area (Å²) in [5, 5.41) is 9.24. The number of aliphatic carboxylic acids is 1. The molecule has 6 nitrogen and oxygen atoms in total. The van der Waals surface area contributed by atoms with E-state index in [1.54, 1.807) is 37.5 Å². The van der Waals surface area contributed by atoms with E-state index in [2.05, 4.69) is 0 Å². The number of hydrogen-bond acceptors (Lipinski definition) is 4. The number of hydrogen-bond donors (Lipinski definition) is 1. The fourth-order valence-corrected chi connectivity index (χ4v) is 4.38. The molecule has 0 aliphatic carbocycles. The second-order valence-corrected chi connectivity index (χ2v) is 10.1. The van der Waals surface area contributed by atoms with E-state index in [1.165, 1.54) is 24.3 Å². The second-order valence-electron chi connectivity index (χ2n) is 7.44. The van der Waals surface area contributed by atoms with Crippen LogP contribution in [0, 0.1) is 0 Å². The molecule has 0 radical (unpaired) electrons. The van der Waals surface area contributed by atoms with Crippen molar-refractivity contribution in [2.24, 2.45) is 0 Å². The Kier molecular flexibility index (Phi) is 4.30. The molecule has 1 aliphatic heterocycles. The molecule has 0 fully saturated rings. The average Bonchev–Trinajstić information content (AvgIpc) is 3.14. The monoisotopic (exact) mass is 375 g/mol. The molecule has 138 valence electrons. The van der Waals surface area contributed by atoms with Crippen LogP contribution >= 0.6 is 0 Å². The number of aromatic nitrogens is 1. The average molecular weight is 375 g/mol. The topological polar surface area (TPSA) is 93.4 Å². The number of carbonyl (C=O) groups excluding carboxylic acids is 1. The summed E-state index contributed by atoms with van der Waals surface area (Å²) < 4.78 is 25.8. The van der Waals surface area contributed by atoms with Gasteiger partial charge in [-0.15, -0.1) is 0 Å². The largest absolute Gasteiger partial charge is 0.481 e. The third kappa shape index (κ3) is 2.86. The quantitative estimate of drug-likeness (QED) is 0.830. The molecule has 1 unspecified atom stereocenters. The summed E-state index contributed by atoms with van der Waals surface area (Å²) in [6.45, 7) is 5.37. The molecule has 1 aliphatic rings. The molecule has 1 atom stereocenters. The number of rotatable bonds is 4. The van der Waals surface area contributed by atoms with Gasteiger partial charge in [-0.1, -0.05) is 0 Å². The summed E-state index contributed by atoms with van der Waals surface area (Å²) in [6, 6.07) is 9.21. The predicted octanol–water partition coefficient (Wildman–Crippen LogP) is 2.86. The Morgan fingerprint density at radius 1 is 1.08 bits per heavy atom. The molecule has 0 saturated carbocycles. The molecule has 0 spiro atoms. The molecule has 3 rings (SSSR count). The van der Waals surface area contributed by atoms with Crippen LogP contribution in [0.5, 0.6) is 0 Å². The van der Waals surface area contributed by atoms with E-state index in [1.807, 2.05) is 0 Å². The number of benzene rings is 1. The minimum absolute atomic E-state index is 0.174. The van der Waals surface area contributed by atoms with Crippen molar-refractivity contribution in [1.82, 2.24) is 4.57 Å². The Balaban J connectivity index is 1.92. The zero-order valence-electron chi connectivity index (χ0n) is 14.9. The highest BCUT2D eigenvalue weighted by Crippen LogP contribution is 2.32. The van der Waals surface area contributed by atoms with Crippen LogP contribution in [0.3, 0.4) is 0 Å². The van der Waals surface area contributed by atoms with Crippen molar-refractivity contribution in [2.75, 3.05) is 0 Å². The smallest absolute Gasteiger partial charge is 0.312 e. The van der Waals surface area contributed by atoms with E-state index >= 15 is 0 Å². The number of carboxylic acids is 1. The molecule has 1 aromatic heterocycles. The molecule has 2 heterocycles. The van der Waals surface area contributed by atoms with Crippen LogP contribution in [0.25, 0.3) is 0 Å². The van der Waals surface area contributed by atoms with Crippen molar-refractivity contribution in [3.05, 3.63) is 53.3 Å². The van der Waals surface area contributed by atoms with Gasteiger partial charge in [-0.05, 0) is 63.6 Å². The normalized spacial score (nSPS) is 17.1. The third-order valence-corrected chi connectivity index (χ3v) is 7.28. The van der Waals surface area contributed by atoms with Gasteiger partial charge in [0.25, 0.3) is 0 Å². The highest BCUT2D eigenvalue weighted by molar-refractivity contribution is 7.92. The van der Waals surface area contributed by atoms with Crippen molar-refractivity contribution in [1.29, 1.82) is 0 Å². The molecule has 2 aromatic rings. The number of carboxylic acid groups (broad SMARTS) is 1. The van der Waals surface area contributed by atoms with Crippen LogP contribution in [-0.2, 0) is 21.2 Å². The predicted molar refractivity (Wildman–Crippen MR) is 96.2 cm³/mol. The Labute approximate surface area is 152 Å². The second kappa shape index (κ2) is 6.09. The van der Waals surface area contributed by atoms with Crippen LogP contribution in [0.15, 0.2) is 41.3 Å². The van der Waals surface area contributed by atoms with E-state index in [4.69, 9.17) is 0 Å². The Bertz CT molecular complexity index is 978. The lowest BCUT2D eigenvalue weighted by Crippen LogP contribution is -2.27. The molecular formula is C19H21NO5S. The Morgan fingerprint density at radius 2 is 1.69 bits per heavy atom. The van der Waals surface area contributed by atoms with Crippen LogP contribution in [0.2, 0.25) is 0 Å². The number of nitrogens with zero attached hydrogens (tertiary/aromatic N) is 1. The number of fused-ring (bicyclic) bond motifs is 1. The van der Waals surface area contributed by atoms with Gasteiger partial charge in [0.15, 0.2) is 9.84 Å². The fourth-order valence-electron chi connectivity index (χ4n) is 3.18.